The Morgan fingerprint density at radius 2 is 2.00 bits per heavy atom. The van der Waals surface area contributed by atoms with Gasteiger partial charge < -0.3 is 5.43 Å². The summed E-state index contributed by atoms with van der Waals surface area (Å²) in [6.07, 6.45) is 6.50. The Bertz CT molecular complexity index is 522. The van der Waals surface area contributed by atoms with E-state index in [0.717, 1.165) is 31.6 Å². The molecule has 0 aromatic carbocycles. The molecule has 1 aliphatic carbocycles. The maximum absolute atomic E-state index is 12.2. The van der Waals surface area contributed by atoms with Crippen LogP contribution in [0.2, 0.25) is 0 Å². The third kappa shape index (κ3) is 3.68. The zero-order chi connectivity index (χ0) is 14.6. The molecule has 1 fully saturated rings. The largest absolute Gasteiger partial charge is 0.308 e. The fourth-order valence-electron chi connectivity index (χ4n) is 2.60. The lowest BCUT2D eigenvalue weighted by Gasteiger charge is -2.28. The Kier molecular flexibility index (Phi) is 4.95. The van der Waals surface area contributed by atoms with Crippen molar-refractivity contribution < 1.29 is 8.42 Å². The number of nitrogens with two attached hydrogens (primary N) is 1. The minimum atomic E-state index is -3.49. The zero-order valence-electron chi connectivity index (χ0n) is 11.7. The van der Waals surface area contributed by atoms with Crippen molar-refractivity contribution in [1.29, 1.82) is 0 Å². The molecule has 1 heterocycles. The quantitative estimate of drug-likeness (QED) is 0.567. The second-order valence-corrected chi connectivity index (χ2v) is 6.98. The molecule has 0 unspecified atom stereocenters. The van der Waals surface area contributed by atoms with Crippen LogP contribution in [0.15, 0.2) is 23.2 Å². The highest BCUT2D eigenvalue weighted by Crippen LogP contribution is 2.27. The van der Waals surface area contributed by atoms with E-state index in [2.05, 4.69) is 22.1 Å². The van der Waals surface area contributed by atoms with Gasteiger partial charge >= 0.3 is 0 Å². The van der Waals surface area contributed by atoms with Crippen LogP contribution in [0.3, 0.4) is 0 Å². The van der Waals surface area contributed by atoms with E-state index in [0.29, 0.717) is 5.82 Å². The van der Waals surface area contributed by atoms with Crippen molar-refractivity contribution in [3.8, 4) is 0 Å². The molecule has 4 N–H and O–H groups in total. The third-order valence-electron chi connectivity index (χ3n) is 3.94. The molecule has 2 rings (SSSR count). The van der Waals surface area contributed by atoms with Crippen LogP contribution in [0, 0.1) is 5.92 Å². The molecule has 1 aromatic heterocycles. The summed E-state index contributed by atoms with van der Waals surface area (Å²) in [6.45, 7) is 2.19. The molecule has 0 amide bonds. The van der Waals surface area contributed by atoms with E-state index in [1.165, 1.54) is 18.7 Å². The van der Waals surface area contributed by atoms with Crippen LogP contribution < -0.4 is 16.0 Å². The topological polar surface area (TPSA) is 97.1 Å². The molecule has 0 saturated heterocycles. The number of sulfonamides is 1. The highest BCUT2D eigenvalue weighted by Gasteiger charge is 2.25. The van der Waals surface area contributed by atoms with Crippen LogP contribution in [-0.4, -0.2) is 19.4 Å². The van der Waals surface area contributed by atoms with Gasteiger partial charge in [-0.3, -0.25) is 0 Å². The first-order valence-electron chi connectivity index (χ1n) is 7.00. The highest BCUT2D eigenvalue weighted by atomic mass is 32.2. The van der Waals surface area contributed by atoms with Crippen molar-refractivity contribution in [2.45, 2.75) is 50.0 Å². The van der Waals surface area contributed by atoms with Crippen molar-refractivity contribution in [1.82, 2.24) is 9.71 Å². The number of rotatable bonds is 5. The number of hydrogen-bond acceptors (Lipinski definition) is 5. The molecule has 6 nitrogen and oxygen atoms in total. The van der Waals surface area contributed by atoms with Crippen LogP contribution in [-0.2, 0) is 10.0 Å². The van der Waals surface area contributed by atoms with Crippen molar-refractivity contribution in [3.63, 3.8) is 0 Å². The monoisotopic (exact) mass is 298 g/mol. The lowest BCUT2D eigenvalue weighted by atomic mass is 9.85. The van der Waals surface area contributed by atoms with Crippen molar-refractivity contribution in [2.75, 3.05) is 5.43 Å². The van der Waals surface area contributed by atoms with Crippen LogP contribution in [0.5, 0.6) is 0 Å². The van der Waals surface area contributed by atoms with Gasteiger partial charge in [0, 0.05) is 12.2 Å². The third-order valence-corrected chi connectivity index (χ3v) is 5.45. The zero-order valence-corrected chi connectivity index (χ0v) is 12.5. The standard InChI is InChI=1S/C13H22N4O2S/c1-2-10-3-5-11(6-4-10)17-20(18,19)12-7-8-13(16-14)15-9-12/h7-11,17H,2-6,14H2,1H3,(H,15,16). The highest BCUT2D eigenvalue weighted by molar-refractivity contribution is 7.89. The van der Waals surface area contributed by atoms with Crippen LogP contribution in [0.1, 0.15) is 39.0 Å². The second kappa shape index (κ2) is 6.51. The number of nitrogen functional groups attached to an aromatic ring is 1. The van der Waals surface area contributed by atoms with Gasteiger partial charge in [0.2, 0.25) is 10.0 Å². The van der Waals surface area contributed by atoms with Crippen molar-refractivity contribution in [2.24, 2.45) is 11.8 Å². The molecule has 1 aliphatic rings. The number of nitrogens with one attached hydrogen (secondary N) is 2. The molecule has 1 saturated carbocycles. The number of nitrogens with zero attached hydrogens (tertiary/aromatic N) is 1. The van der Waals surface area contributed by atoms with Gasteiger partial charge in [-0.15, -0.1) is 0 Å². The Morgan fingerprint density at radius 3 is 2.50 bits per heavy atom. The summed E-state index contributed by atoms with van der Waals surface area (Å²) in [4.78, 5) is 4.10. The molecule has 20 heavy (non-hydrogen) atoms. The van der Waals surface area contributed by atoms with Crippen LogP contribution in [0.25, 0.3) is 0 Å². The minimum Gasteiger partial charge on any atom is -0.308 e. The molecule has 0 bridgehead atoms. The number of aromatic nitrogens is 1. The first-order valence-corrected chi connectivity index (χ1v) is 8.48. The number of hydrogen-bond donors (Lipinski definition) is 3. The van der Waals surface area contributed by atoms with Crippen LogP contribution >= 0.6 is 0 Å². The van der Waals surface area contributed by atoms with Gasteiger partial charge in [-0.2, -0.15) is 0 Å². The first kappa shape index (κ1) is 15.2. The Labute approximate surface area is 120 Å². The van der Waals surface area contributed by atoms with E-state index in [9.17, 15) is 8.42 Å². The second-order valence-electron chi connectivity index (χ2n) is 5.27. The predicted molar refractivity (Wildman–Crippen MR) is 78.4 cm³/mol. The van der Waals surface area contributed by atoms with E-state index in [1.807, 2.05) is 0 Å². The summed E-state index contributed by atoms with van der Waals surface area (Å²) in [6, 6.07) is 3.08. The van der Waals surface area contributed by atoms with E-state index in [-0.39, 0.29) is 10.9 Å². The van der Waals surface area contributed by atoms with Gasteiger partial charge in [-0.1, -0.05) is 13.3 Å². The van der Waals surface area contributed by atoms with E-state index in [1.54, 1.807) is 6.07 Å². The van der Waals surface area contributed by atoms with Gasteiger partial charge in [0.25, 0.3) is 0 Å². The fraction of sp³-hybridized carbons (Fsp3) is 0.615. The summed E-state index contributed by atoms with van der Waals surface area (Å²) in [5.74, 6) is 6.39. The van der Waals surface area contributed by atoms with Gasteiger partial charge in [0.05, 0.1) is 0 Å². The molecule has 7 heteroatoms. The molecule has 0 spiro atoms. The normalized spacial score (nSPS) is 23.5. The smallest absolute Gasteiger partial charge is 0.242 e. The number of pyridine rings is 1. The average molecular weight is 298 g/mol. The molecule has 0 radical (unpaired) electrons. The molecule has 0 aliphatic heterocycles. The molecular weight excluding hydrogens is 276 g/mol. The molecule has 0 atom stereocenters. The molecule has 1 aromatic rings. The maximum Gasteiger partial charge on any atom is 0.242 e. The lowest BCUT2D eigenvalue weighted by molar-refractivity contribution is 0.306. The van der Waals surface area contributed by atoms with Crippen LogP contribution in [0.4, 0.5) is 5.82 Å². The molecular formula is C13H22N4O2S. The van der Waals surface area contributed by atoms with Crippen molar-refractivity contribution >= 4 is 15.8 Å². The van der Waals surface area contributed by atoms with Gasteiger partial charge in [-0.05, 0) is 43.7 Å². The molecule has 112 valence electrons. The lowest BCUT2D eigenvalue weighted by Crippen LogP contribution is -2.37. The summed E-state index contributed by atoms with van der Waals surface area (Å²) >= 11 is 0. The summed E-state index contributed by atoms with van der Waals surface area (Å²) in [5.41, 5.74) is 2.37. The Morgan fingerprint density at radius 1 is 1.30 bits per heavy atom. The number of anilines is 1. The maximum atomic E-state index is 12.2. The van der Waals surface area contributed by atoms with Gasteiger partial charge in [0.1, 0.15) is 10.7 Å². The SMILES string of the molecule is CCC1CCC(NS(=O)(=O)c2ccc(NN)nc2)CC1. The first-order chi connectivity index (χ1) is 9.55. The summed E-state index contributed by atoms with van der Waals surface area (Å²) < 4.78 is 27.3. The van der Waals surface area contributed by atoms with E-state index >= 15 is 0 Å². The average Bonchev–Trinajstić information content (AvgIpc) is 2.48. The Balaban J connectivity index is 2.00. The van der Waals surface area contributed by atoms with Gasteiger partial charge in [0.15, 0.2) is 0 Å². The van der Waals surface area contributed by atoms with E-state index in [4.69, 9.17) is 5.84 Å². The predicted octanol–water partition coefficient (Wildman–Crippen LogP) is 1.61. The number of hydrazine groups is 1. The van der Waals surface area contributed by atoms with Gasteiger partial charge in [-0.25, -0.2) is 24.0 Å². The summed E-state index contributed by atoms with van der Waals surface area (Å²) in [7, 11) is -3.49. The minimum absolute atomic E-state index is 0.0371. The Hall–Kier alpha value is -1.18. The van der Waals surface area contributed by atoms with E-state index < -0.39 is 10.0 Å². The van der Waals surface area contributed by atoms with Crippen molar-refractivity contribution in [3.05, 3.63) is 18.3 Å². The summed E-state index contributed by atoms with van der Waals surface area (Å²) in [5, 5.41) is 0. The fourth-order valence-corrected chi connectivity index (χ4v) is 3.85.